The third-order valence-corrected chi connectivity index (χ3v) is 4.32. The largest absolute Gasteiger partial charge is 0.0925 e. The molecular weight excluding hydrogens is 248 g/mol. The Balaban J connectivity index is 2.22. The summed E-state index contributed by atoms with van der Waals surface area (Å²) in [6.45, 7) is 4.66. The summed E-state index contributed by atoms with van der Waals surface area (Å²) in [5.41, 5.74) is 2.03. The minimum absolute atomic E-state index is 0.485. The molecule has 0 N–H and O–H groups in total. The molecule has 0 nitrogen and oxygen atoms in total. The quantitative estimate of drug-likeness (QED) is 0.710. The minimum atomic E-state index is 0.485. The van der Waals surface area contributed by atoms with Crippen LogP contribution in [0.5, 0.6) is 0 Å². The van der Waals surface area contributed by atoms with Crippen LogP contribution in [0.3, 0.4) is 0 Å². The van der Waals surface area contributed by atoms with Crippen LogP contribution in [0, 0.1) is 11.8 Å². The van der Waals surface area contributed by atoms with Crippen LogP contribution >= 0.6 is 15.9 Å². The average molecular weight is 267 g/mol. The topological polar surface area (TPSA) is 0 Å². The summed E-state index contributed by atoms with van der Waals surface area (Å²) in [6, 6.07) is 11.0. The van der Waals surface area contributed by atoms with Crippen molar-refractivity contribution >= 4 is 15.9 Å². The van der Waals surface area contributed by atoms with Crippen LogP contribution in [-0.2, 0) is 5.41 Å². The van der Waals surface area contributed by atoms with Gasteiger partial charge < -0.3 is 0 Å². The molecule has 15 heavy (non-hydrogen) atoms. The van der Waals surface area contributed by atoms with Gasteiger partial charge in [-0.3, -0.25) is 0 Å². The molecule has 1 saturated carbocycles. The molecule has 1 heteroatoms. The van der Waals surface area contributed by atoms with Gasteiger partial charge in [-0.1, -0.05) is 60.1 Å². The molecular formula is C14H19Br. The molecule has 0 bridgehead atoms. The molecule has 1 aromatic carbocycles. The lowest BCUT2D eigenvalue weighted by Crippen LogP contribution is -2.14. The highest BCUT2D eigenvalue weighted by Crippen LogP contribution is 2.58. The van der Waals surface area contributed by atoms with Crippen molar-refractivity contribution < 1.29 is 0 Å². The Morgan fingerprint density at radius 1 is 1.33 bits per heavy atom. The second-order valence-electron chi connectivity index (χ2n) is 5.18. The van der Waals surface area contributed by atoms with Gasteiger partial charge in [0.2, 0.25) is 0 Å². The Morgan fingerprint density at radius 2 is 2.00 bits per heavy atom. The first-order chi connectivity index (χ1) is 7.19. The Morgan fingerprint density at radius 3 is 2.47 bits per heavy atom. The summed E-state index contributed by atoms with van der Waals surface area (Å²) in [6.07, 6.45) is 2.69. The van der Waals surface area contributed by atoms with Gasteiger partial charge in [-0.2, -0.15) is 0 Å². The van der Waals surface area contributed by atoms with Crippen LogP contribution in [0.2, 0.25) is 0 Å². The van der Waals surface area contributed by atoms with E-state index in [1.54, 1.807) is 5.56 Å². The summed E-state index contributed by atoms with van der Waals surface area (Å²) in [5, 5.41) is 1.15. The maximum Gasteiger partial charge on any atom is 0.00685 e. The van der Waals surface area contributed by atoms with Gasteiger partial charge in [-0.15, -0.1) is 0 Å². The van der Waals surface area contributed by atoms with Gasteiger partial charge in [-0.05, 0) is 35.7 Å². The van der Waals surface area contributed by atoms with Crippen LogP contribution < -0.4 is 0 Å². The molecule has 82 valence electrons. The highest BCUT2D eigenvalue weighted by molar-refractivity contribution is 9.09. The van der Waals surface area contributed by atoms with Crippen molar-refractivity contribution in [3.63, 3.8) is 0 Å². The number of benzene rings is 1. The van der Waals surface area contributed by atoms with Gasteiger partial charge in [0.05, 0.1) is 0 Å². The molecule has 0 heterocycles. The lowest BCUT2D eigenvalue weighted by atomic mass is 9.85. The van der Waals surface area contributed by atoms with Gasteiger partial charge in [-0.25, -0.2) is 0 Å². The van der Waals surface area contributed by atoms with E-state index in [9.17, 15) is 0 Å². The average Bonchev–Trinajstić information content (AvgIpc) is 2.93. The lowest BCUT2D eigenvalue weighted by molar-refractivity contribution is 0.465. The molecule has 0 aromatic heterocycles. The van der Waals surface area contributed by atoms with Crippen molar-refractivity contribution in [3.05, 3.63) is 35.9 Å². The third kappa shape index (κ3) is 2.13. The Kier molecular flexibility index (Phi) is 3.20. The van der Waals surface area contributed by atoms with Crippen LogP contribution in [0.4, 0.5) is 0 Å². The smallest absolute Gasteiger partial charge is 0.00685 e. The summed E-state index contributed by atoms with van der Waals surface area (Å²) < 4.78 is 0. The first-order valence-electron chi connectivity index (χ1n) is 5.80. The predicted molar refractivity (Wildman–Crippen MR) is 69.5 cm³/mol. The van der Waals surface area contributed by atoms with E-state index in [2.05, 4.69) is 60.1 Å². The fourth-order valence-corrected chi connectivity index (χ4v) is 3.65. The maximum atomic E-state index is 3.64. The number of rotatable bonds is 4. The van der Waals surface area contributed by atoms with Crippen molar-refractivity contribution in [2.45, 2.75) is 32.1 Å². The molecule has 0 spiro atoms. The van der Waals surface area contributed by atoms with Crippen molar-refractivity contribution in [1.29, 1.82) is 0 Å². The van der Waals surface area contributed by atoms with Crippen LogP contribution in [0.25, 0.3) is 0 Å². The van der Waals surface area contributed by atoms with E-state index in [4.69, 9.17) is 0 Å². The van der Waals surface area contributed by atoms with Gasteiger partial charge in [0.25, 0.3) is 0 Å². The third-order valence-electron chi connectivity index (χ3n) is 3.54. The molecule has 1 fully saturated rings. The van der Waals surface area contributed by atoms with Crippen LogP contribution in [0.1, 0.15) is 32.3 Å². The number of hydrogen-bond acceptors (Lipinski definition) is 0. The van der Waals surface area contributed by atoms with Crippen molar-refractivity contribution in [1.82, 2.24) is 0 Å². The summed E-state index contributed by atoms with van der Waals surface area (Å²) in [7, 11) is 0. The SMILES string of the molecule is CC(C)CC1(c2ccccc2)CC1CBr. The molecule has 0 saturated heterocycles. The summed E-state index contributed by atoms with van der Waals surface area (Å²) in [4.78, 5) is 0. The summed E-state index contributed by atoms with van der Waals surface area (Å²) >= 11 is 3.64. The second-order valence-corrected chi connectivity index (χ2v) is 5.82. The Bertz CT molecular complexity index is 317. The first-order valence-corrected chi connectivity index (χ1v) is 6.92. The molecule has 1 aliphatic carbocycles. The minimum Gasteiger partial charge on any atom is -0.0925 e. The zero-order valence-electron chi connectivity index (χ0n) is 9.54. The molecule has 0 amide bonds. The zero-order chi connectivity index (χ0) is 10.9. The van der Waals surface area contributed by atoms with E-state index in [0.29, 0.717) is 5.41 Å². The fourth-order valence-electron chi connectivity index (χ4n) is 2.80. The van der Waals surface area contributed by atoms with Gasteiger partial charge in [0.1, 0.15) is 0 Å². The molecule has 2 atom stereocenters. The van der Waals surface area contributed by atoms with E-state index in [1.165, 1.54) is 12.8 Å². The molecule has 2 unspecified atom stereocenters. The fraction of sp³-hybridized carbons (Fsp3) is 0.571. The Labute approximate surface area is 101 Å². The normalized spacial score (nSPS) is 29.5. The first kappa shape index (κ1) is 11.2. The Hall–Kier alpha value is -0.300. The van der Waals surface area contributed by atoms with Crippen molar-refractivity contribution in [2.24, 2.45) is 11.8 Å². The van der Waals surface area contributed by atoms with Crippen molar-refractivity contribution in [2.75, 3.05) is 5.33 Å². The molecule has 0 aliphatic heterocycles. The van der Waals surface area contributed by atoms with E-state index < -0.39 is 0 Å². The van der Waals surface area contributed by atoms with Gasteiger partial charge >= 0.3 is 0 Å². The summed E-state index contributed by atoms with van der Waals surface area (Å²) in [5.74, 6) is 1.64. The van der Waals surface area contributed by atoms with Crippen molar-refractivity contribution in [3.8, 4) is 0 Å². The van der Waals surface area contributed by atoms with Gasteiger partial charge in [0.15, 0.2) is 0 Å². The highest BCUT2D eigenvalue weighted by atomic mass is 79.9. The maximum absolute atomic E-state index is 3.64. The van der Waals surface area contributed by atoms with E-state index >= 15 is 0 Å². The molecule has 0 radical (unpaired) electrons. The van der Waals surface area contributed by atoms with E-state index in [0.717, 1.165) is 17.2 Å². The molecule has 1 aliphatic rings. The van der Waals surface area contributed by atoms with E-state index in [-0.39, 0.29) is 0 Å². The number of hydrogen-bond donors (Lipinski definition) is 0. The second kappa shape index (κ2) is 4.29. The zero-order valence-corrected chi connectivity index (χ0v) is 11.1. The van der Waals surface area contributed by atoms with Gasteiger partial charge in [0, 0.05) is 5.33 Å². The van der Waals surface area contributed by atoms with E-state index in [1.807, 2.05) is 0 Å². The number of halogens is 1. The lowest BCUT2D eigenvalue weighted by Gasteiger charge is -2.20. The highest BCUT2D eigenvalue weighted by Gasteiger charge is 2.53. The monoisotopic (exact) mass is 266 g/mol. The standard InChI is InChI=1S/C14H19Br/c1-11(2)8-14(9-13(14)10-15)12-6-4-3-5-7-12/h3-7,11,13H,8-10H2,1-2H3. The predicted octanol–water partition coefficient (Wildman–Crippen LogP) is 4.39. The van der Waals surface area contributed by atoms with Crippen LogP contribution in [0.15, 0.2) is 30.3 Å². The molecule has 1 aromatic rings. The van der Waals surface area contributed by atoms with Crippen LogP contribution in [-0.4, -0.2) is 5.33 Å². The number of alkyl halides is 1. The molecule has 2 rings (SSSR count).